The first-order chi connectivity index (χ1) is 8.00. The number of hydrogen-bond acceptors (Lipinski definition) is 4. The third-order valence-corrected chi connectivity index (χ3v) is 4.58. The van der Waals surface area contributed by atoms with Crippen molar-refractivity contribution < 1.29 is 13.2 Å². The molecule has 0 aliphatic heterocycles. The van der Waals surface area contributed by atoms with E-state index < -0.39 is 9.84 Å². The maximum atomic E-state index is 12.0. The van der Waals surface area contributed by atoms with Crippen LogP contribution in [0.1, 0.15) is 12.8 Å². The second kappa shape index (κ2) is 4.84. The molecule has 0 aromatic heterocycles. The van der Waals surface area contributed by atoms with Crippen LogP contribution >= 0.6 is 11.6 Å². The topological polar surface area (TPSA) is 69.4 Å². The number of halogens is 1. The quantitative estimate of drug-likeness (QED) is 0.836. The molecule has 1 aromatic carbocycles. The molecule has 0 radical (unpaired) electrons. The third-order valence-electron chi connectivity index (χ3n) is 2.60. The molecule has 1 fully saturated rings. The normalized spacial score (nSPS) is 16.1. The van der Waals surface area contributed by atoms with Crippen molar-refractivity contribution in [3.63, 3.8) is 0 Å². The molecular weight excluding hydrogens is 262 g/mol. The molecule has 4 nitrogen and oxygen atoms in total. The Hall–Kier alpha value is -0.780. The van der Waals surface area contributed by atoms with Gasteiger partial charge in [-0.1, -0.05) is 17.7 Å². The molecule has 17 heavy (non-hydrogen) atoms. The van der Waals surface area contributed by atoms with Gasteiger partial charge in [0.05, 0.1) is 17.3 Å². The molecule has 0 bridgehead atoms. The molecule has 0 saturated heterocycles. The van der Waals surface area contributed by atoms with Gasteiger partial charge in [-0.2, -0.15) is 0 Å². The summed E-state index contributed by atoms with van der Waals surface area (Å²) in [4.78, 5) is -0.0301. The van der Waals surface area contributed by atoms with Crippen LogP contribution in [0.4, 0.5) is 5.69 Å². The highest BCUT2D eigenvalue weighted by Gasteiger charge is 2.25. The summed E-state index contributed by atoms with van der Waals surface area (Å²) >= 11 is 5.85. The fraction of sp³-hybridized carbons (Fsp3) is 0.455. The first kappa shape index (κ1) is 12.7. The molecule has 2 N–H and O–H groups in total. The van der Waals surface area contributed by atoms with Gasteiger partial charge in [-0.05, 0) is 30.9 Å². The predicted octanol–water partition coefficient (Wildman–Crippen LogP) is 2.08. The standard InChI is InChI=1S/C11H14ClNO3S/c12-9-2-1-3-10(13)11(9)17(14,15)7-16-6-8-4-5-8/h1-3,8H,4-7,13H2. The van der Waals surface area contributed by atoms with Crippen LogP contribution in [-0.4, -0.2) is 21.0 Å². The van der Waals surface area contributed by atoms with E-state index in [1.54, 1.807) is 6.07 Å². The number of sulfone groups is 1. The second-order valence-corrected chi connectivity index (χ2v) is 6.49. The first-order valence-electron chi connectivity index (χ1n) is 5.35. The minimum Gasteiger partial charge on any atom is -0.398 e. The molecule has 6 heteroatoms. The Morgan fingerprint density at radius 2 is 2.12 bits per heavy atom. The summed E-state index contributed by atoms with van der Waals surface area (Å²) in [5.74, 6) is 0.158. The van der Waals surface area contributed by atoms with Gasteiger partial charge in [0.1, 0.15) is 4.90 Å². The lowest BCUT2D eigenvalue weighted by atomic mass is 10.3. The zero-order valence-corrected chi connectivity index (χ0v) is 10.8. The maximum absolute atomic E-state index is 12.0. The molecule has 0 heterocycles. The van der Waals surface area contributed by atoms with E-state index in [1.165, 1.54) is 12.1 Å². The van der Waals surface area contributed by atoms with Crippen molar-refractivity contribution in [2.24, 2.45) is 5.92 Å². The molecule has 94 valence electrons. The molecule has 0 amide bonds. The van der Waals surface area contributed by atoms with Crippen molar-refractivity contribution in [2.45, 2.75) is 17.7 Å². The van der Waals surface area contributed by atoms with Crippen molar-refractivity contribution in [3.05, 3.63) is 23.2 Å². The number of rotatable bonds is 5. The van der Waals surface area contributed by atoms with Crippen LogP contribution in [0.2, 0.25) is 5.02 Å². The molecular formula is C11H14ClNO3S. The predicted molar refractivity (Wildman–Crippen MR) is 66.6 cm³/mol. The van der Waals surface area contributed by atoms with Crippen molar-refractivity contribution in [3.8, 4) is 0 Å². The zero-order valence-electron chi connectivity index (χ0n) is 9.23. The van der Waals surface area contributed by atoms with Gasteiger partial charge < -0.3 is 10.5 Å². The van der Waals surface area contributed by atoms with Crippen molar-refractivity contribution in [1.82, 2.24) is 0 Å². The fourth-order valence-electron chi connectivity index (χ4n) is 1.52. The third kappa shape index (κ3) is 3.12. The van der Waals surface area contributed by atoms with Crippen LogP contribution in [0, 0.1) is 5.92 Å². The van der Waals surface area contributed by atoms with Gasteiger partial charge in [-0.3, -0.25) is 0 Å². The Balaban J connectivity index is 2.12. The maximum Gasteiger partial charge on any atom is 0.205 e. The Morgan fingerprint density at radius 1 is 1.41 bits per heavy atom. The van der Waals surface area contributed by atoms with Gasteiger partial charge in [0, 0.05) is 0 Å². The van der Waals surface area contributed by atoms with Crippen LogP contribution < -0.4 is 5.73 Å². The van der Waals surface area contributed by atoms with E-state index in [0.717, 1.165) is 12.8 Å². The van der Waals surface area contributed by atoms with E-state index in [0.29, 0.717) is 12.5 Å². The highest BCUT2D eigenvalue weighted by atomic mass is 35.5. The van der Waals surface area contributed by atoms with E-state index in [2.05, 4.69) is 0 Å². The second-order valence-electron chi connectivity index (χ2n) is 4.20. The van der Waals surface area contributed by atoms with Gasteiger partial charge in [0.25, 0.3) is 0 Å². The highest BCUT2D eigenvalue weighted by Crippen LogP contribution is 2.30. The zero-order chi connectivity index (χ0) is 12.5. The number of anilines is 1. The van der Waals surface area contributed by atoms with Gasteiger partial charge >= 0.3 is 0 Å². The summed E-state index contributed by atoms with van der Waals surface area (Å²) in [5.41, 5.74) is 5.79. The minimum absolute atomic E-state index is 0.0301. The summed E-state index contributed by atoms with van der Waals surface area (Å²) < 4.78 is 29.2. The van der Waals surface area contributed by atoms with Crippen molar-refractivity contribution in [1.29, 1.82) is 0 Å². The Labute approximate surface area is 106 Å². The van der Waals surface area contributed by atoms with Gasteiger partial charge in [-0.15, -0.1) is 0 Å². The van der Waals surface area contributed by atoms with E-state index >= 15 is 0 Å². The average Bonchev–Trinajstić information content (AvgIpc) is 3.00. The Morgan fingerprint density at radius 3 is 2.71 bits per heavy atom. The SMILES string of the molecule is Nc1cccc(Cl)c1S(=O)(=O)COCC1CC1. The van der Waals surface area contributed by atoms with Crippen LogP contribution in [0.5, 0.6) is 0 Å². The number of benzene rings is 1. The smallest absolute Gasteiger partial charge is 0.205 e. The van der Waals surface area contributed by atoms with Gasteiger partial charge in [-0.25, -0.2) is 8.42 Å². The lowest BCUT2D eigenvalue weighted by Crippen LogP contribution is -2.13. The average molecular weight is 276 g/mol. The monoisotopic (exact) mass is 275 g/mol. The highest BCUT2D eigenvalue weighted by molar-refractivity contribution is 7.91. The largest absolute Gasteiger partial charge is 0.398 e. The Bertz CT molecular complexity index is 491. The summed E-state index contributed by atoms with van der Waals surface area (Å²) in [6.45, 7) is 0.490. The number of nitrogen functional groups attached to an aromatic ring is 1. The van der Waals surface area contributed by atoms with Gasteiger partial charge in [0.15, 0.2) is 5.94 Å². The molecule has 0 spiro atoms. The van der Waals surface area contributed by atoms with E-state index in [9.17, 15) is 8.42 Å². The number of nitrogens with two attached hydrogens (primary N) is 1. The van der Waals surface area contributed by atoms with Crippen molar-refractivity contribution >= 4 is 27.1 Å². The van der Waals surface area contributed by atoms with Crippen molar-refractivity contribution in [2.75, 3.05) is 18.3 Å². The lowest BCUT2D eigenvalue weighted by Gasteiger charge is -2.09. The summed E-state index contributed by atoms with van der Waals surface area (Å²) in [5, 5.41) is 0.139. The first-order valence-corrected chi connectivity index (χ1v) is 7.38. The van der Waals surface area contributed by atoms with E-state index in [1.807, 2.05) is 0 Å². The van der Waals surface area contributed by atoms with E-state index in [4.69, 9.17) is 22.1 Å². The molecule has 1 aliphatic rings. The lowest BCUT2D eigenvalue weighted by molar-refractivity contribution is 0.165. The molecule has 1 aromatic rings. The van der Waals surface area contributed by atoms with Crippen LogP contribution in [0.15, 0.2) is 23.1 Å². The molecule has 0 unspecified atom stereocenters. The summed E-state index contributed by atoms with van der Waals surface area (Å²) in [7, 11) is -3.57. The molecule has 0 atom stereocenters. The Kier molecular flexibility index (Phi) is 3.61. The molecule has 2 rings (SSSR count). The van der Waals surface area contributed by atoms with Crippen LogP contribution in [0.3, 0.4) is 0 Å². The molecule has 1 aliphatic carbocycles. The molecule has 1 saturated carbocycles. The summed E-state index contributed by atoms with van der Waals surface area (Å²) in [6.07, 6.45) is 2.24. The fourth-order valence-corrected chi connectivity index (χ4v) is 3.28. The number of hydrogen-bond donors (Lipinski definition) is 1. The summed E-state index contributed by atoms with van der Waals surface area (Å²) in [6, 6.07) is 4.63. The van der Waals surface area contributed by atoms with Crippen LogP contribution in [-0.2, 0) is 14.6 Å². The van der Waals surface area contributed by atoms with Gasteiger partial charge in [0.2, 0.25) is 9.84 Å². The van der Waals surface area contributed by atoms with E-state index in [-0.39, 0.29) is 21.5 Å². The number of ether oxygens (including phenoxy) is 1. The minimum atomic E-state index is -3.57. The van der Waals surface area contributed by atoms with Crippen LogP contribution in [0.25, 0.3) is 0 Å².